The van der Waals surface area contributed by atoms with Crippen molar-refractivity contribution in [3.05, 3.63) is 77.1 Å². The lowest BCUT2D eigenvalue weighted by molar-refractivity contribution is 0.0522. The molecule has 0 aliphatic rings. The van der Waals surface area contributed by atoms with Crippen molar-refractivity contribution in [2.45, 2.75) is 111 Å². The predicted molar refractivity (Wildman–Crippen MR) is 176 cm³/mol. The molecule has 0 aliphatic carbocycles. The van der Waals surface area contributed by atoms with Crippen LogP contribution >= 0.6 is 0 Å². The van der Waals surface area contributed by atoms with Gasteiger partial charge in [0.15, 0.2) is 0 Å². The number of unbranched alkanes of at least 4 members (excludes halogenated alkanes) is 9. The maximum absolute atomic E-state index is 13.3. The van der Waals surface area contributed by atoms with Crippen molar-refractivity contribution in [1.29, 1.82) is 0 Å². The molecule has 244 valence electrons. The van der Waals surface area contributed by atoms with Crippen molar-refractivity contribution >= 4 is 17.9 Å². The number of ether oxygens (including phenoxy) is 1. The van der Waals surface area contributed by atoms with Gasteiger partial charge in [0.1, 0.15) is 11.3 Å². The number of amides is 3. The van der Waals surface area contributed by atoms with E-state index in [2.05, 4.69) is 33.2 Å². The summed E-state index contributed by atoms with van der Waals surface area (Å²) in [6.07, 6.45) is 13.6. The molecule has 0 atom stereocenters. The number of aromatic nitrogens is 3. The first-order chi connectivity index (χ1) is 21.7. The van der Waals surface area contributed by atoms with Gasteiger partial charge in [-0.2, -0.15) is 0 Å². The Morgan fingerprint density at radius 3 is 2.02 bits per heavy atom. The molecule has 10 heteroatoms. The second-order valence-electron chi connectivity index (χ2n) is 12.3. The van der Waals surface area contributed by atoms with Crippen LogP contribution in [0.15, 0.2) is 54.7 Å². The minimum absolute atomic E-state index is 0.126. The molecule has 1 aromatic heterocycles. The first-order valence-electron chi connectivity index (χ1n) is 16.3. The second kappa shape index (κ2) is 18.6. The van der Waals surface area contributed by atoms with Crippen LogP contribution in [-0.4, -0.2) is 45.0 Å². The normalized spacial score (nSPS) is 11.2. The van der Waals surface area contributed by atoms with Crippen molar-refractivity contribution in [2.24, 2.45) is 0 Å². The highest BCUT2D eigenvalue weighted by Crippen LogP contribution is 2.16. The Balaban J connectivity index is 1.49. The number of para-hydroxylation sites is 1. The van der Waals surface area contributed by atoms with Gasteiger partial charge in [0.25, 0.3) is 11.8 Å². The SMILES string of the molecule is CCCCCCCCCCCCNC(=O)c1ccccc1CNC(=O)c1ccccc1-n1cc(CNC(=O)OC(C)(C)C)nn1. The molecule has 3 amide bonds. The second-order valence-corrected chi connectivity index (χ2v) is 12.3. The van der Waals surface area contributed by atoms with Gasteiger partial charge in [0, 0.05) is 18.7 Å². The lowest BCUT2D eigenvalue weighted by Crippen LogP contribution is -2.32. The average Bonchev–Trinajstić information content (AvgIpc) is 3.50. The van der Waals surface area contributed by atoms with E-state index in [-0.39, 0.29) is 24.9 Å². The van der Waals surface area contributed by atoms with Crippen LogP contribution in [-0.2, 0) is 17.8 Å². The van der Waals surface area contributed by atoms with Crippen LogP contribution in [0.25, 0.3) is 5.69 Å². The molecule has 0 radical (unpaired) electrons. The number of benzene rings is 2. The third-order valence-electron chi connectivity index (χ3n) is 7.27. The predicted octanol–water partition coefficient (Wildman–Crippen LogP) is 6.87. The fourth-order valence-electron chi connectivity index (χ4n) is 4.92. The summed E-state index contributed by atoms with van der Waals surface area (Å²) in [6.45, 7) is 8.57. The Bertz CT molecular complexity index is 1360. The molecule has 0 saturated heterocycles. The van der Waals surface area contributed by atoms with Gasteiger partial charge in [-0.3, -0.25) is 9.59 Å². The van der Waals surface area contributed by atoms with Crippen LogP contribution in [0.5, 0.6) is 0 Å². The van der Waals surface area contributed by atoms with Crippen LogP contribution in [0.1, 0.15) is 124 Å². The molecular weight excluding hydrogens is 568 g/mol. The molecule has 0 spiro atoms. The Hall–Kier alpha value is -4.21. The molecule has 0 unspecified atom stereocenters. The lowest BCUT2D eigenvalue weighted by atomic mass is 10.1. The molecule has 0 bridgehead atoms. The van der Waals surface area contributed by atoms with Gasteiger partial charge in [0.2, 0.25) is 0 Å². The summed E-state index contributed by atoms with van der Waals surface area (Å²) in [7, 11) is 0. The summed E-state index contributed by atoms with van der Waals surface area (Å²) in [5, 5.41) is 16.9. The molecule has 1 heterocycles. The van der Waals surface area contributed by atoms with Gasteiger partial charge in [0.05, 0.1) is 24.0 Å². The molecule has 10 nitrogen and oxygen atoms in total. The maximum atomic E-state index is 13.3. The smallest absolute Gasteiger partial charge is 0.407 e. The molecule has 45 heavy (non-hydrogen) atoms. The fraction of sp³-hybridized carbons (Fsp3) is 0.514. The summed E-state index contributed by atoms with van der Waals surface area (Å²) in [6, 6.07) is 14.4. The summed E-state index contributed by atoms with van der Waals surface area (Å²) in [5.41, 5.74) is 2.13. The van der Waals surface area contributed by atoms with Gasteiger partial charge in [-0.05, 0) is 51.0 Å². The molecule has 3 aromatic rings. The van der Waals surface area contributed by atoms with Gasteiger partial charge in [-0.15, -0.1) is 5.10 Å². The molecule has 3 N–H and O–H groups in total. The molecule has 0 saturated carbocycles. The van der Waals surface area contributed by atoms with Crippen molar-refractivity contribution < 1.29 is 19.1 Å². The number of hydrogen-bond donors (Lipinski definition) is 3. The fourth-order valence-corrected chi connectivity index (χ4v) is 4.92. The average molecular weight is 619 g/mol. The van der Waals surface area contributed by atoms with Crippen molar-refractivity contribution in [1.82, 2.24) is 30.9 Å². The summed E-state index contributed by atoms with van der Waals surface area (Å²) in [4.78, 5) is 38.2. The van der Waals surface area contributed by atoms with Crippen LogP contribution < -0.4 is 16.0 Å². The quantitative estimate of drug-likeness (QED) is 0.134. The minimum atomic E-state index is -0.606. The van der Waals surface area contributed by atoms with Gasteiger partial charge in [-0.25, -0.2) is 9.48 Å². The summed E-state index contributed by atoms with van der Waals surface area (Å²) < 4.78 is 6.75. The maximum Gasteiger partial charge on any atom is 0.407 e. The van der Waals surface area contributed by atoms with Gasteiger partial charge in [-0.1, -0.05) is 100 Å². The van der Waals surface area contributed by atoms with Crippen molar-refractivity contribution in [2.75, 3.05) is 6.54 Å². The molecule has 0 fully saturated rings. The zero-order valence-electron chi connectivity index (χ0n) is 27.4. The highest BCUT2D eigenvalue weighted by atomic mass is 16.6. The van der Waals surface area contributed by atoms with Crippen molar-refractivity contribution in [3.63, 3.8) is 0 Å². The third-order valence-corrected chi connectivity index (χ3v) is 7.27. The zero-order valence-corrected chi connectivity index (χ0v) is 27.4. The topological polar surface area (TPSA) is 127 Å². The van der Waals surface area contributed by atoms with E-state index in [0.717, 1.165) is 18.4 Å². The number of carbonyl (C=O) groups is 3. The monoisotopic (exact) mass is 618 g/mol. The largest absolute Gasteiger partial charge is 0.444 e. The van der Waals surface area contributed by atoms with Crippen LogP contribution in [0.2, 0.25) is 0 Å². The van der Waals surface area contributed by atoms with Crippen LogP contribution in [0, 0.1) is 0 Å². The van der Waals surface area contributed by atoms with Crippen LogP contribution in [0.4, 0.5) is 4.79 Å². The van der Waals surface area contributed by atoms with Crippen LogP contribution in [0.3, 0.4) is 0 Å². The summed E-state index contributed by atoms with van der Waals surface area (Å²) in [5.74, 6) is -0.443. The first kappa shape index (κ1) is 35.3. The molecule has 2 aromatic carbocycles. The van der Waals surface area contributed by atoms with Gasteiger partial charge >= 0.3 is 6.09 Å². The Labute approximate surface area is 267 Å². The van der Waals surface area contributed by atoms with E-state index in [0.29, 0.717) is 29.1 Å². The van der Waals surface area contributed by atoms with E-state index in [4.69, 9.17) is 4.74 Å². The summed E-state index contributed by atoms with van der Waals surface area (Å²) >= 11 is 0. The van der Waals surface area contributed by atoms with E-state index < -0.39 is 11.7 Å². The number of nitrogens with one attached hydrogen (secondary N) is 3. The number of rotatable bonds is 18. The number of nitrogens with zero attached hydrogens (tertiary/aromatic N) is 3. The first-order valence-corrected chi connectivity index (χ1v) is 16.3. The minimum Gasteiger partial charge on any atom is -0.444 e. The lowest BCUT2D eigenvalue weighted by Gasteiger charge is -2.19. The van der Waals surface area contributed by atoms with E-state index >= 15 is 0 Å². The molecular formula is C35H50N6O4. The Morgan fingerprint density at radius 2 is 1.33 bits per heavy atom. The van der Waals surface area contributed by atoms with E-state index in [1.165, 1.54) is 56.0 Å². The van der Waals surface area contributed by atoms with Crippen molar-refractivity contribution in [3.8, 4) is 5.69 Å². The van der Waals surface area contributed by atoms with E-state index in [9.17, 15) is 14.4 Å². The molecule has 0 aliphatic heterocycles. The highest BCUT2D eigenvalue weighted by molar-refractivity contribution is 5.98. The number of alkyl carbamates (subject to hydrolysis) is 1. The number of hydrogen-bond acceptors (Lipinski definition) is 6. The zero-order chi connectivity index (χ0) is 32.5. The van der Waals surface area contributed by atoms with E-state index in [1.807, 2.05) is 18.2 Å². The standard InChI is InChI=1S/C35H50N6O4/c1-5-6-7-8-9-10-11-12-13-18-23-36-32(42)29-20-15-14-19-27(29)24-37-33(43)30-21-16-17-22-31(30)41-26-28(39-40-41)25-38-34(44)45-35(2,3)4/h14-17,19-22,26H,5-13,18,23-25H2,1-4H3,(H,36,42)(H,37,43)(H,38,44). The highest BCUT2D eigenvalue weighted by Gasteiger charge is 2.18. The Kier molecular flexibility index (Phi) is 14.6. The Morgan fingerprint density at radius 1 is 0.733 bits per heavy atom. The molecule has 3 rings (SSSR count). The van der Waals surface area contributed by atoms with E-state index in [1.54, 1.807) is 57.3 Å². The number of carbonyl (C=O) groups excluding carboxylic acids is 3. The van der Waals surface area contributed by atoms with Gasteiger partial charge < -0.3 is 20.7 Å². The third kappa shape index (κ3) is 12.7.